The quantitative estimate of drug-likeness (QED) is 0.306. The van der Waals surface area contributed by atoms with Crippen LogP contribution in [-0.4, -0.2) is 0 Å². The third kappa shape index (κ3) is 3.67. The van der Waals surface area contributed by atoms with E-state index in [9.17, 15) is 17.6 Å². The van der Waals surface area contributed by atoms with Gasteiger partial charge in [-0.2, -0.15) is 0 Å². The molecule has 2 aromatic rings. The zero-order valence-corrected chi connectivity index (χ0v) is 12.0. The standard InChI is InChI=1S/C18H14F4/c1-2-3-4-5-6-12-7-8-14(15(19)9-12)13-10-16(20)18(22)17(21)11-13/h7-11H,2-4H2,1H3. The Hall–Kier alpha value is -2.28. The molecule has 2 rings (SSSR count). The molecule has 0 radical (unpaired) electrons. The summed E-state index contributed by atoms with van der Waals surface area (Å²) in [5.74, 6) is 0.836. The summed E-state index contributed by atoms with van der Waals surface area (Å²) in [5, 5.41) is 0. The first kappa shape index (κ1) is 16.1. The average molecular weight is 306 g/mol. The van der Waals surface area contributed by atoms with Crippen molar-refractivity contribution in [3.63, 3.8) is 0 Å². The molecule has 0 bridgehead atoms. The molecular formula is C18H14F4. The Morgan fingerprint density at radius 3 is 2.18 bits per heavy atom. The molecule has 0 aliphatic heterocycles. The van der Waals surface area contributed by atoms with Gasteiger partial charge in [0.15, 0.2) is 17.5 Å². The van der Waals surface area contributed by atoms with Crippen molar-refractivity contribution in [2.45, 2.75) is 26.2 Å². The highest BCUT2D eigenvalue weighted by Crippen LogP contribution is 2.26. The van der Waals surface area contributed by atoms with Crippen molar-refractivity contribution in [1.29, 1.82) is 0 Å². The number of rotatable bonds is 3. The van der Waals surface area contributed by atoms with Crippen LogP contribution >= 0.6 is 0 Å². The van der Waals surface area contributed by atoms with E-state index in [1.807, 2.05) is 0 Å². The summed E-state index contributed by atoms with van der Waals surface area (Å²) in [6, 6.07) is 5.68. The Bertz CT molecular complexity index is 715. The summed E-state index contributed by atoms with van der Waals surface area (Å²) >= 11 is 0. The van der Waals surface area contributed by atoms with Gasteiger partial charge < -0.3 is 0 Å². The summed E-state index contributed by atoms with van der Waals surface area (Å²) in [4.78, 5) is 0. The van der Waals surface area contributed by atoms with Gasteiger partial charge in [0.1, 0.15) is 5.82 Å². The first-order chi connectivity index (χ1) is 10.5. The van der Waals surface area contributed by atoms with Gasteiger partial charge in [0.2, 0.25) is 0 Å². The van der Waals surface area contributed by atoms with Gasteiger partial charge in [0, 0.05) is 17.5 Å². The van der Waals surface area contributed by atoms with Gasteiger partial charge in [-0.25, -0.2) is 17.6 Å². The predicted octanol–water partition coefficient (Wildman–Crippen LogP) is 5.45. The molecule has 22 heavy (non-hydrogen) atoms. The smallest absolute Gasteiger partial charge is 0.194 e. The van der Waals surface area contributed by atoms with Gasteiger partial charge in [0.25, 0.3) is 0 Å². The normalized spacial score (nSPS) is 10.2. The average Bonchev–Trinajstić information content (AvgIpc) is 2.49. The first-order valence-electron chi connectivity index (χ1n) is 6.96. The Balaban J connectivity index is 2.32. The molecule has 0 aromatic heterocycles. The SMILES string of the molecule is CCCCC#Cc1ccc(-c2cc(F)c(F)c(F)c2)c(F)c1. The van der Waals surface area contributed by atoms with Crippen molar-refractivity contribution in [3.8, 4) is 23.0 Å². The van der Waals surface area contributed by atoms with Gasteiger partial charge in [-0.3, -0.25) is 0 Å². The van der Waals surface area contributed by atoms with Crippen LogP contribution in [-0.2, 0) is 0 Å². The number of hydrogen-bond acceptors (Lipinski definition) is 0. The minimum absolute atomic E-state index is 0.00286. The lowest BCUT2D eigenvalue weighted by Crippen LogP contribution is -1.94. The summed E-state index contributed by atoms with van der Waals surface area (Å²) in [7, 11) is 0. The van der Waals surface area contributed by atoms with E-state index in [-0.39, 0.29) is 11.1 Å². The molecule has 2 aromatic carbocycles. The summed E-state index contributed by atoms with van der Waals surface area (Å²) < 4.78 is 53.4. The Kier molecular flexibility index (Phi) is 5.21. The molecule has 0 N–H and O–H groups in total. The molecule has 0 heterocycles. The van der Waals surface area contributed by atoms with Crippen molar-refractivity contribution >= 4 is 0 Å². The second-order valence-electron chi connectivity index (χ2n) is 4.85. The third-order valence-corrected chi connectivity index (χ3v) is 3.15. The van der Waals surface area contributed by atoms with Crippen LogP contribution in [0.25, 0.3) is 11.1 Å². The van der Waals surface area contributed by atoms with Crippen LogP contribution < -0.4 is 0 Å². The topological polar surface area (TPSA) is 0 Å². The van der Waals surface area contributed by atoms with E-state index in [0.29, 0.717) is 5.56 Å². The van der Waals surface area contributed by atoms with Crippen LogP contribution in [0.3, 0.4) is 0 Å². The molecule has 0 aliphatic carbocycles. The number of unbranched alkanes of at least 4 members (excludes halogenated alkanes) is 2. The number of benzene rings is 2. The van der Waals surface area contributed by atoms with Crippen LogP contribution in [0.1, 0.15) is 31.7 Å². The van der Waals surface area contributed by atoms with E-state index >= 15 is 0 Å². The van der Waals surface area contributed by atoms with Gasteiger partial charge in [0.05, 0.1) is 0 Å². The van der Waals surface area contributed by atoms with E-state index in [2.05, 4.69) is 18.8 Å². The lowest BCUT2D eigenvalue weighted by molar-refractivity contribution is 0.447. The maximum absolute atomic E-state index is 14.1. The molecule has 0 fully saturated rings. The highest BCUT2D eigenvalue weighted by Gasteiger charge is 2.14. The largest absolute Gasteiger partial charge is 0.206 e. The molecule has 0 unspecified atom stereocenters. The van der Waals surface area contributed by atoms with E-state index in [1.165, 1.54) is 12.1 Å². The van der Waals surface area contributed by atoms with Crippen molar-refractivity contribution in [3.05, 3.63) is 59.2 Å². The van der Waals surface area contributed by atoms with Crippen molar-refractivity contribution < 1.29 is 17.6 Å². The van der Waals surface area contributed by atoms with Crippen LogP contribution in [0.4, 0.5) is 17.6 Å². The minimum atomic E-state index is -1.57. The summed E-state index contributed by atoms with van der Waals surface area (Å²) in [6.45, 7) is 2.05. The fourth-order valence-electron chi connectivity index (χ4n) is 1.97. The molecule has 114 valence electrons. The van der Waals surface area contributed by atoms with Gasteiger partial charge >= 0.3 is 0 Å². The zero-order chi connectivity index (χ0) is 16.1. The Morgan fingerprint density at radius 2 is 1.59 bits per heavy atom. The van der Waals surface area contributed by atoms with E-state index < -0.39 is 23.3 Å². The maximum atomic E-state index is 14.1. The molecule has 0 saturated carbocycles. The van der Waals surface area contributed by atoms with Gasteiger partial charge in [-0.05, 0) is 36.2 Å². The lowest BCUT2D eigenvalue weighted by Gasteiger charge is -2.05. The second kappa shape index (κ2) is 7.13. The number of hydrogen-bond donors (Lipinski definition) is 0. The van der Waals surface area contributed by atoms with Crippen LogP contribution in [0.5, 0.6) is 0 Å². The highest BCUT2D eigenvalue weighted by atomic mass is 19.2. The highest BCUT2D eigenvalue weighted by molar-refractivity contribution is 5.65. The second-order valence-corrected chi connectivity index (χ2v) is 4.85. The van der Waals surface area contributed by atoms with Crippen LogP contribution in [0.2, 0.25) is 0 Å². The third-order valence-electron chi connectivity index (χ3n) is 3.15. The Labute approximate surface area is 126 Å². The molecule has 0 spiro atoms. The van der Waals surface area contributed by atoms with E-state index in [4.69, 9.17) is 0 Å². The van der Waals surface area contributed by atoms with Gasteiger partial charge in [-0.15, -0.1) is 0 Å². The molecular weight excluding hydrogens is 292 g/mol. The summed E-state index contributed by atoms with van der Waals surface area (Å²) in [5.41, 5.74) is 0.428. The lowest BCUT2D eigenvalue weighted by atomic mass is 10.0. The Morgan fingerprint density at radius 1 is 0.909 bits per heavy atom. The van der Waals surface area contributed by atoms with E-state index in [0.717, 1.165) is 31.4 Å². The molecule has 0 aliphatic rings. The fraction of sp³-hybridized carbons (Fsp3) is 0.222. The summed E-state index contributed by atoms with van der Waals surface area (Å²) in [6.07, 6.45) is 2.74. The number of halogens is 4. The predicted molar refractivity (Wildman–Crippen MR) is 78.1 cm³/mol. The molecule has 0 nitrogen and oxygen atoms in total. The van der Waals surface area contributed by atoms with Crippen molar-refractivity contribution in [2.24, 2.45) is 0 Å². The van der Waals surface area contributed by atoms with Crippen molar-refractivity contribution in [2.75, 3.05) is 0 Å². The van der Waals surface area contributed by atoms with Crippen LogP contribution in [0, 0.1) is 35.1 Å². The minimum Gasteiger partial charge on any atom is -0.206 e. The van der Waals surface area contributed by atoms with Gasteiger partial charge in [-0.1, -0.05) is 31.3 Å². The van der Waals surface area contributed by atoms with Crippen LogP contribution in [0.15, 0.2) is 30.3 Å². The van der Waals surface area contributed by atoms with E-state index in [1.54, 1.807) is 6.07 Å². The fourth-order valence-corrected chi connectivity index (χ4v) is 1.97. The molecule has 4 heteroatoms. The van der Waals surface area contributed by atoms with Crippen molar-refractivity contribution in [1.82, 2.24) is 0 Å². The maximum Gasteiger partial charge on any atom is 0.194 e. The first-order valence-corrected chi connectivity index (χ1v) is 6.96. The zero-order valence-electron chi connectivity index (χ0n) is 12.0. The molecule has 0 amide bonds. The molecule has 0 atom stereocenters. The monoisotopic (exact) mass is 306 g/mol. The molecule has 0 saturated heterocycles.